The van der Waals surface area contributed by atoms with Crippen molar-refractivity contribution in [1.29, 1.82) is 0 Å². The summed E-state index contributed by atoms with van der Waals surface area (Å²) in [5.41, 5.74) is 2.16. The van der Waals surface area contributed by atoms with Gasteiger partial charge >= 0.3 is 6.03 Å². The fraction of sp³-hybridized carbons (Fsp3) is 0.591. The minimum Gasteiger partial charge on any atom is -0.356 e. The van der Waals surface area contributed by atoms with Gasteiger partial charge in [0.1, 0.15) is 5.82 Å². The number of benzene rings is 1. The molecule has 0 spiro atoms. The first-order valence-corrected chi connectivity index (χ1v) is 12.0. The van der Waals surface area contributed by atoms with Crippen molar-refractivity contribution in [3.8, 4) is 0 Å². The first kappa shape index (κ1) is 21.0. The standard InChI is InChI=1S/C22H31N5O2S/c1-14(2)27-17-8-4-3-7-15(17)24-19(27)11-12-23-20(28)10-6-5-9-18-21-16(13-30-18)25-22(29)26-21/h3-4,7-8,14,16,18,21H,5-6,9-13H2,1-2H3,(H,23,28)(H2,25,26,29). The van der Waals surface area contributed by atoms with Gasteiger partial charge in [0.2, 0.25) is 5.91 Å². The van der Waals surface area contributed by atoms with E-state index in [9.17, 15) is 9.59 Å². The topological polar surface area (TPSA) is 88.0 Å². The number of imidazole rings is 1. The number of amides is 3. The van der Waals surface area contributed by atoms with E-state index in [1.54, 1.807) is 0 Å². The van der Waals surface area contributed by atoms with Gasteiger partial charge in [-0.3, -0.25) is 4.79 Å². The summed E-state index contributed by atoms with van der Waals surface area (Å²) in [6.07, 6.45) is 4.21. The largest absolute Gasteiger partial charge is 0.356 e. The lowest BCUT2D eigenvalue weighted by molar-refractivity contribution is -0.121. The summed E-state index contributed by atoms with van der Waals surface area (Å²) in [4.78, 5) is 28.4. The number of nitrogens with zero attached hydrogens (tertiary/aromatic N) is 2. The molecule has 162 valence electrons. The number of nitrogens with one attached hydrogen (secondary N) is 3. The molecule has 0 saturated carbocycles. The van der Waals surface area contributed by atoms with E-state index in [0.29, 0.717) is 24.3 Å². The van der Waals surface area contributed by atoms with E-state index in [2.05, 4.69) is 40.4 Å². The third-order valence-electron chi connectivity index (χ3n) is 5.94. The summed E-state index contributed by atoms with van der Waals surface area (Å²) < 4.78 is 2.25. The maximum atomic E-state index is 12.2. The lowest BCUT2D eigenvalue weighted by atomic mass is 10.0. The van der Waals surface area contributed by atoms with Gasteiger partial charge in [0.25, 0.3) is 0 Å². The van der Waals surface area contributed by atoms with E-state index >= 15 is 0 Å². The third kappa shape index (κ3) is 4.58. The molecule has 2 aliphatic rings. The van der Waals surface area contributed by atoms with E-state index in [-0.39, 0.29) is 24.0 Å². The zero-order valence-corrected chi connectivity index (χ0v) is 18.5. The Labute approximate surface area is 181 Å². The molecule has 30 heavy (non-hydrogen) atoms. The van der Waals surface area contributed by atoms with Crippen LogP contribution in [0.15, 0.2) is 24.3 Å². The van der Waals surface area contributed by atoms with Crippen LogP contribution in [0.5, 0.6) is 0 Å². The van der Waals surface area contributed by atoms with Crippen molar-refractivity contribution in [3.05, 3.63) is 30.1 Å². The molecule has 0 aliphatic carbocycles. The number of urea groups is 1. The van der Waals surface area contributed by atoms with Crippen molar-refractivity contribution in [3.63, 3.8) is 0 Å². The van der Waals surface area contributed by atoms with Crippen molar-refractivity contribution in [1.82, 2.24) is 25.5 Å². The van der Waals surface area contributed by atoms with E-state index in [0.717, 1.165) is 48.3 Å². The van der Waals surface area contributed by atoms with Gasteiger partial charge < -0.3 is 20.5 Å². The van der Waals surface area contributed by atoms with Gasteiger partial charge in [0, 0.05) is 36.4 Å². The summed E-state index contributed by atoms with van der Waals surface area (Å²) in [7, 11) is 0. The van der Waals surface area contributed by atoms with Gasteiger partial charge in [0.15, 0.2) is 0 Å². The van der Waals surface area contributed by atoms with Gasteiger partial charge in [-0.2, -0.15) is 11.8 Å². The highest BCUT2D eigenvalue weighted by Gasteiger charge is 2.42. The average Bonchev–Trinajstić information content (AvgIpc) is 3.37. The summed E-state index contributed by atoms with van der Waals surface area (Å²) in [6.45, 7) is 4.93. The second-order valence-corrected chi connectivity index (χ2v) is 9.72. The van der Waals surface area contributed by atoms with Crippen LogP contribution < -0.4 is 16.0 Å². The maximum Gasteiger partial charge on any atom is 0.315 e. The highest BCUT2D eigenvalue weighted by Crippen LogP contribution is 2.33. The molecule has 0 radical (unpaired) electrons. The summed E-state index contributed by atoms with van der Waals surface area (Å²) >= 11 is 1.92. The minimum absolute atomic E-state index is 0.0410. The number of para-hydroxylation sites is 2. The molecule has 3 atom stereocenters. The fourth-order valence-electron chi connectivity index (χ4n) is 4.52. The number of hydrogen-bond acceptors (Lipinski definition) is 4. The molecule has 2 fully saturated rings. The van der Waals surface area contributed by atoms with Gasteiger partial charge in [-0.15, -0.1) is 0 Å². The SMILES string of the molecule is CC(C)n1c(CCNC(=O)CCCCC2SCC3NC(=O)NC32)nc2ccccc21. The van der Waals surface area contributed by atoms with Crippen LogP contribution in [0.2, 0.25) is 0 Å². The highest BCUT2D eigenvalue weighted by atomic mass is 32.2. The Bertz CT molecular complexity index is 912. The third-order valence-corrected chi connectivity index (χ3v) is 7.45. The Morgan fingerprint density at radius 2 is 2.13 bits per heavy atom. The molecule has 2 aliphatic heterocycles. The van der Waals surface area contributed by atoms with Gasteiger partial charge in [0.05, 0.1) is 23.1 Å². The van der Waals surface area contributed by atoms with Crippen LogP contribution in [0.3, 0.4) is 0 Å². The Balaban J connectivity index is 1.18. The smallest absolute Gasteiger partial charge is 0.315 e. The molecule has 1 aromatic carbocycles. The predicted molar refractivity (Wildman–Crippen MR) is 121 cm³/mol. The molecule has 3 unspecified atom stereocenters. The number of aromatic nitrogens is 2. The second-order valence-electron chi connectivity index (χ2n) is 8.45. The van der Waals surface area contributed by atoms with Gasteiger partial charge in [-0.25, -0.2) is 9.78 Å². The van der Waals surface area contributed by atoms with Crippen LogP contribution in [-0.2, 0) is 11.2 Å². The number of thioether (sulfide) groups is 1. The molecule has 2 saturated heterocycles. The lowest BCUT2D eigenvalue weighted by Gasteiger charge is -2.16. The number of unbranched alkanes of at least 4 members (excludes halogenated alkanes) is 1. The first-order valence-electron chi connectivity index (χ1n) is 10.9. The fourth-order valence-corrected chi connectivity index (χ4v) is 6.07. The Morgan fingerprint density at radius 1 is 1.30 bits per heavy atom. The number of carbonyl (C=O) groups is 2. The average molecular weight is 430 g/mol. The zero-order valence-electron chi connectivity index (χ0n) is 17.7. The van der Waals surface area contributed by atoms with E-state index in [1.807, 2.05) is 30.0 Å². The van der Waals surface area contributed by atoms with Crippen molar-refractivity contribution >= 4 is 34.7 Å². The molecule has 0 bridgehead atoms. The van der Waals surface area contributed by atoms with Crippen LogP contribution >= 0.6 is 11.8 Å². The van der Waals surface area contributed by atoms with Crippen molar-refractivity contribution in [2.75, 3.05) is 12.3 Å². The van der Waals surface area contributed by atoms with Crippen LogP contribution in [0.1, 0.15) is 51.4 Å². The molecule has 8 heteroatoms. The summed E-state index contributed by atoms with van der Waals surface area (Å²) in [5.74, 6) is 2.11. The Morgan fingerprint density at radius 3 is 2.97 bits per heavy atom. The van der Waals surface area contributed by atoms with Gasteiger partial charge in [-0.05, 0) is 38.8 Å². The minimum atomic E-state index is -0.0410. The second kappa shape index (κ2) is 9.29. The van der Waals surface area contributed by atoms with E-state index < -0.39 is 0 Å². The van der Waals surface area contributed by atoms with Crippen molar-refractivity contribution in [2.24, 2.45) is 0 Å². The first-order chi connectivity index (χ1) is 14.5. The molecule has 2 aromatic rings. The molecular formula is C22H31N5O2S. The summed E-state index contributed by atoms with van der Waals surface area (Å²) in [6, 6.07) is 8.98. The zero-order chi connectivity index (χ0) is 21.1. The molecule has 7 nitrogen and oxygen atoms in total. The van der Waals surface area contributed by atoms with Crippen molar-refractivity contribution < 1.29 is 9.59 Å². The van der Waals surface area contributed by atoms with Gasteiger partial charge in [-0.1, -0.05) is 18.6 Å². The number of carbonyl (C=O) groups excluding carboxylic acids is 2. The summed E-state index contributed by atoms with van der Waals surface area (Å²) in [5, 5.41) is 9.50. The molecule has 3 heterocycles. The number of rotatable bonds is 9. The van der Waals surface area contributed by atoms with Crippen LogP contribution in [-0.4, -0.2) is 51.1 Å². The Hall–Kier alpha value is -2.22. The predicted octanol–water partition coefficient (Wildman–Crippen LogP) is 3.00. The van der Waals surface area contributed by atoms with E-state index in [1.165, 1.54) is 0 Å². The molecule has 3 N–H and O–H groups in total. The maximum absolute atomic E-state index is 12.2. The van der Waals surface area contributed by atoms with Crippen LogP contribution in [0.25, 0.3) is 11.0 Å². The monoisotopic (exact) mass is 429 g/mol. The molecule has 1 aromatic heterocycles. The Kier molecular flexibility index (Phi) is 6.51. The quantitative estimate of drug-likeness (QED) is 0.422. The molecular weight excluding hydrogens is 398 g/mol. The molecule has 3 amide bonds. The lowest BCUT2D eigenvalue weighted by Crippen LogP contribution is -2.36. The van der Waals surface area contributed by atoms with Crippen LogP contribution in [0.4, 0.5) is 4.79 Å². The van der Waals surface area contributed by atoms with Crippen LogP contribution in [0, 0.1) is 0 Å². The van der Waals surface area contributed by atoms with Crippen molar-refractivity contribution in [2.45, 2.75) is 69.3 Å². The van der Waals surface area contributed by atoms with E-state index in [4.69, 9.17) is 4.98 Å². The highest BCUT2D eigenvalue weighted by molar-refractivity contribution is 8.00. The molecule has 4 rings (SSSR count). The normalized spacial score (nSPS) is 22.9. The number of hydrogen-bond donors (Lipinski definition) is 3. The number of fused-ring (bicyclic) bond motifs is 2.